The maximum atomic E-state index is 14.7. The van der Waals surface area contributed by atoms with Gasteiger partial charge in [-0.05, 0) is 74.2 Å². The highest BCUT2D eigenvalue weighted by Crippen LogP contribution is 2.38. The summed E-state index contributed by atoms with van der Waals surface area (Å²) < 4.78 is 14.7. The molecule has 4 nitrogen and oxygen atoms in total. The smallest absolute Gasteiger partial charge is 0.127 e. The molecule has 0 saturated heterocycles. The lowest BCUT2D eigenvalue weighted by Crippen LogP contribution is -2.30. The Labute approximate surface area is 201 Å². The first kappa shape index (κ1) is 22.6. The Morgan fingerprint density at radius 1 is 1.00 bits per heavy atom. The van der Waals surface area contributed by atoms with Crippen molar-refractivity contribution < 1.29 is 4.39 Å². The zero-order valence-corrected chi connectivity index (χ0v) is 19.5. The van der Waals surface area contributed by atoms with Crippen LogP contribution in [-0.4, -0.2) is 24.1 Å². The van der Waals surface area contributed by atoms with Crippen molar-refractivity contribution in [2.24, 2.45) is 11.7 Å². The van der Waals surface area contributed by atoms with Crippen LogP contribution in [-0.2, 0) is 13.0 Å². The summed E-state index contributed by atoms with van der Waals surface area (Å²) in [5.41, 5.74) is 11.3. The monoisotopic (exact) mass is 456 g/mol. The van der Waals surface area contributed by atoms with E-state index < -0.39 is 0 Å². The molecular weight excluding hydrogens is 423 g/mol. The number of nitrogens with one attached hydrogen (secondary N) is 2. The van der Waals surface area contributed by atoms with Crippen LogP contribution in [0.5, 0.6) is 0 Å². The molecule has 0 spiro atoms. The zero-order chi connectivity index (χ0) is 23.3. The molecule has 1 aliphatic carbocycles. The van der Waals surface area contributed by atoms with Crippen LogP contribution in [0.2, 0.25) is 0 Å². The Morgan fingerprint density at radius 3 is 2.79 bits per heavy atom. The van der Waals surface area contributed by atoms with Gasteiger partial charge in [-0.3, -0.25) is 0 Å². The van der Waals surface area contributed by atoms with E-state index in [1.54, 1.807) is 6.07 Å². The SMILES string of the molecule is NCCCCC1=CN(c2ccc(F)c(CNCCc3c[nH]c4ccccc34)c2)[C@@H]2C=CC=CC12. The number of aromatic nitrogens is 1. The molecule has 2 aliphatic rings. The lowest BCUT2D eigenvalue weighted by molar-refractivity contribution is 0.587. The predicted molar refractivity (Wildman–Crippen MR) is 139 cm³/mol. The molecule has 0 amide bonds. The molecule has 2 heterocycles. The van der Waals surface area contributed by atoms with Crippen molar-refractivity contribution in [2.75, 3.05) is 18.0 Å². The number of aromatic amines is 1. The molecule has 0 saturated carbocycles. The fourth-order valence-electron chi connectivity index (χ4n) is 5.15. The summed E-state index contributed by atoms with van der Waals surface area (Å²) in [7, 11) is 0. The number of fused-ring (bicyclic) bond motifs is 2. The van der Waals surface area contributed by atoms with Crippen LogP contribution >= 0.6 is 0 Å². The summed E-state index contributed by atoms with van der Waals surface area (Å²) in [5, 5.41) is 4.69. The highest BCUT2D eigenvalue weighted by Gasteiger charge is 2.33. The molecule has 176 valence electrons. The molecule has 0 radical (unpaired) electrons. The second-order valence-corrected chi connectivity index (χ2v) is 9.21. The first-order chi connectivity index (χ1) is 16.7. The Kier molecular flexibility index (Phi) is 6.93. The average molecular weight is 457 g/mol. The van der Waals surface area contributed by atoms with E-state index in [4.69, 9.17) is 5.73 Å². The Balaban J connectivity index is 1.25. The number of nitrogens with zero attached hydrogens (tertiary/aromatic N) is 1. The average Bonchev–Trinajstić information content (AvgIpc) is 3.45. The van der Waals surface area contributed by atoms with Gasteiger partial charge in [0.2, 0.25) is 0 Å². The third-order valence-electron chi connectivity index (χ3n) is 6.97. The van der Waals surface area contributed by atoms with Gasteiger partial charge in [-0.15, -0.1) is 0 Å². The summed E-state index contributed by atoms with van der Waals surface area (Å²) in [6.45, 7) is 2.03. The van der Waals surface area contributed by atoms with Crippen LogP contribution in [0.25, 0.3) is 10.9 Å². The van der Waals surface area contributed by atoms with Crippen LogP contribution in [0.3, 0.4) is 0 Å². The fourth-order valence-corrected chi connectivity index (χ4v) is 5.15. The van der Waals surface area contributed by atoms with Gasteiger partial charge in [-0.2, -0.15) is 0 Å². The number of allylic oxidation sites excluding steroid dienone is 2. The number of hydrogen-bond acceptors (Lipinski definition) is 3. The summed E-state index contributed by atoms with van der Waals surface area (Å²) in [5.74, 6) is 0.218. The van der Waals surface area contributed by atoms with E-state index in [0.717, 1.165) is 50.0 Å². The lowest BCUT2D eigenvalue weighted by Gasteiger charge is -2.28. The van der Waals surface area contributed by atoms with E-state index in [0.29, 0.717) is 18.0 Å². The van der Waals surface area contributed by atoms with Crippen LogP contribution < -0.4 is 16.0 Å². The fraction of sp³-hybridized carbons (Fsp3) is 0.310. The number of benzene rings is 2. The largest absolute Gasteiger partial charge is 0.361 e. The number of H-pyrrole nitrogens is 1. The highest BCUT2D eigenvalue weighted by atomic mass is 19.1. The minimum atomic E-state index is -0.162. The predicted octanol–water partition coefficient (Wildman–Crippen LogP) is 5.58. The van der Waals surface area contributed by atoms with Gasteiger partial charge in [-0.25, -0.2) is 4.39 Å². The number of halogens is 1. The van der Waals surface area contributed by atoms with E-state index in [-0.39, 0.29) is 11.9 Å². The van der Waals surface area contributed by atoms with E-state index in [9.17, 15) is 4.39 Å². The minimum absolute atomic E-state index is 0.162. The van der Waals surface area contributed by atoms with Gasteiger partial charge >= 0.3 is 0 Å². The van der Waals surface area contributed by atoms with Crippen molar-refractivity contribution in [3.8, 4) is 0 Å². The molecule has 1 unspecified atom stereocenters. The number of nitrogens with two attached hydrogens (primary N) is 1. The maximum Gasteiger partial charge on any atom is 0.127 e. The minimum Gasteiger partial charge on any atom is -0.361 e. The van der Waals surface area contributed by atoms with E-state index in [2.05, 4.69) is 70.1 Å². The number of hydrogen-bond donors (Lipinski definition) is 3. The van der Waals surface area contributed by atoms with Crippen molar-refractivity contribution in [1.29, 1.82) is 0 Å². The molecule has 2 aromatic carbocycles. The molecule has 5 rings (SSSR count). The van der Waals surface area contributed by atoms with Gasteiger partial charge in [-0.1, -0.05) is 42.5 Å². The molecule has 2 atom stereocenters. The van der Waals surface area contributed by atoms with Gasteiger partial charge in [0, 0.05) is 47.0 Å². The Bertz CT molecular complexity index is 1220. The van der Waals surface area contributed by atoms with Crippen molar-refractivity contribution in [1.82, 2.24) is 10.3 Å². The molecular formula is C29H33FN4. The van der Waals surface area contributed by atoms with Crippen molar-refractivity contribution in [3.05, 3.63) is 102 Å². The molecule has 4 N–H and O–H groups in total. The van der Waals surface area contributed by atoms with Gasteiger partial charge in [0.15, 0.2) is 0 Å². The quantitative estimate of drug-likeness (QED) is 0.349. The molecule has 3 aromatic rings. The number of para-hydroxylation sites is 1. The van der Waals surface area contributed by atoms with Crippen LogP contribution in [0.15, 0.2) is 84.7 Å². The van der Waals surface area contributed by atoms with E-state index in [1.807, 2.05) is 18.2 Å². The standard InChI is InChI=1S/C29H33FN4/c30-27-13-12-24(34-20-22(7-5-6-15-31)26-9-2-4-11-29(26)34)17-23(27)18-32-16-14-21-19-33-28-10-3-1-8-25(21)28/h1-4,8-13,17,19-20,26,29,32-33H,5-7,14-16,18,31H2/t26?,29-/m1/s1. The summed E-state index contributed by atoms with van der Waals surface area (Å²) in [6.07, 6.45) is 17.2. The number of unbranched alkanes of at least 4 members (excludes halogenated alkanes) is 1. The second kappa shape index (κ2) is 10.4. The Morgan fingerprint density at radius 2 is 1.88 bits per heavy atom. The van der Waals surface area contributed by atoms with Gasteiger partial charge < -0.3 is 20.9 Å². The third kappa shape index (κ3) is 4.72. The lowest BCUT2D eigenvalue weighted by atomic mass is 9.88. The van der Waals surface area contributed by atoms with Crippen LogP contribution in [0.4, 0.5) is 10.1 Å². The van der Waals surface area contributed by atoms with Gasteiger partial charge in [0.25, 0.3) is 0 Å². The zero-order valence-electron chi connectivity index (χ0n) is 19.5. The van der Waals surface area contributed by atoms with Gasteiger partial charge in [0.1, 0.15) is 5.82 Å². The normalized spacial score (nSPS) is 19.1. The number of rotatable bonds is 10. The third-order valence-corrected chi connectivity index (χ3v) is 6.97. The van der Waals surface area contributed by atoms with E-state index in [1.165, 1.54) is 16.5 Å². The second-order valence-electron chi connectivity index (χ2n) is 9.21. The molecule has 34 heavy (non-hydrogen) atoms. The van der Waals surface area contributed by atoms with Crippen molar-refractivity contribution >= 4 is 16.6 Å². The molecule has 0 fully saturated rings. The van der Waals surface area contributed by atoms with Crippen LogP contribution in [0.1, 0.15) is 30.4 Å². The molecule has 5 heteroatoms. The molecule has 1 aliphatic heterocycles. The molecule has 1 aromatic heterocycles. The van der Waals surface area contributed by atoms with Gasteiger partial charge in [0.05, 0.1) is 6.04 Å². The highest BCUT2D eigenvalue weighted by molar-refractivity contribution is 5.83. The number of anilines is 1. The van der Waals surface area contributed by atoms with Crippen molar-refractivity contribution in [3.63, 3.8) is 0 Å². The summed E-state index contributed by atoms with van der Waals surface area (Å²) >= 11 is 0. The van der Waals surface area contributed by atoms with E-state index >= 15 is 0 Å². The Hall–Kier alpha value is -3.15. The maximum absolute atomic E-state index is 14.7. The first-order valence-electron chi connectivity index (χ1n) is 12.3. The first-order valence-corrected chi connectivity index (χ1v) is 12.3. The van der Waals surface area contributed by atoms with Crippen molar-refractivity contribution in [2.45, 2.75) is 38.3 Å². The van der Waals surface area contributed by atoms with Crippen LogP contribution in [0, 0.1) is 11.7 Å². The summed E-state index contributed by atoms with van der Waals surface area (Å²) in [6, 6.07) is 14.1. The molecule has 0 bridgehead atoms. The summed E-state index contributed by atoms with van der Waals surface area (Å²) in [4.78, 5) is 5.62. The topological polar surface area (TPSA) is 57.1 Å².